The molecule has 1 fully saturated rings. The van der Waals surface area contributed by atoms with Crippen molar-refractivity contribution >= 4 is 29.0 Å². The van der Waals surface area contributed by atoms with Gasteiger partial charge in [0.2, 0.25) is 5.91 Å². The van der Waals surface area contributed by atoms with Gasteiger partial charge in [0, 0.05) is 28.9 Å². The van der Waals surface area contributed by atoms with Crippen molar-refractivity contribution in [1.82, 2.24) is 5.32 Å². The van der Waals surface area contributed by atoms with Crippen molar-refractivity contribution in [2.45, 2.75) is 31.3 Å². The molecule has 118 valence electrons. The van der Waals surface area contributed by atoms with E-state index in [-0.39, 0.29) is 11.3 Å². The number of rotatable bonds is 2. The highest BCUT2D eigenvalue weighted by Gasteiger charge is 2.57. The summed E-state index contributed by atoms with van der Waals surface area (Å²) in [4.78, 5) is 15.8. The molecule has 1 amide bonds. The largest absolute Gasteiger partial charge is 0.344 e. The number of para-hydroxylation sites is 1. The van der Waals surface area contributed by atoms with E-state index in [0.29, 0.717) is 6.42 Å². The molecule has 0 radical (unpaired) electrons. The predicted molar refractivity (Wildman–Crippen MR) is 95.7 cm³/mol. The summed E-state index contributed by atoms with van der Waals surface area (Å²) in [6, 6.07) is 12.6. The molecule has 3 heterocycles. The number of carbonyl (C=O) groups is 1. The van der Waals surface area contributed by atoms with Crippen molar-refractivity contribution in [2.24, 2.45) is 0 Å². The van der Waals surface area contributed by atoms with Crippen LogP contribution in [0.4, 0.5) is 5.69 Å². The molecular formula is C19H20N2OS. The van der Waals surface area contributed by atoms with Gasteiger partial charge in [-0.2, -0.15) is 0 Å². The molecule has 1 N–H and O–H groups in total. The number of amides is 1. The standard InChI is InChI=1S/C19H20N2OS/c1-18(2)15-7-3-4-8-16(15)21-12-10-17(22)20-19(18,21)11-9-14-6-5-13-23-14/h3-9,11,13H,10,12H2,1-2H3,(H,20,22). The highest BCUT2D eigenvalue weighted by atomic mass is 32.1. The minimum absolute atomic E-state index is 0.123. The normalized spacial score (nSPS) is 25.3. The number of fused-ring (bicyclic) bond motifs is 3. The summed E-state index contributed by atoms with van der Waals surface area (Å²) in [5.41, 5.74) is 1.81. The number of hydrogen-bond acceptors (Lipinski definition) is 3. The Bertz CT molecular complexity index is 778. The van der Waals surface area contributed by atoms with Gasteiger partial charge in [0.25, 0.3) is 0 Å². The van der Waals surface area contributed by atoms with Crippen LogP contribution in [0.2, 0.25) is 0 Å². The zero-order valence-corrected chi connectivity index (χ0v) is 14.2. The quantitative estimate of drug-likeness (QED) is 0.912. The third kappa shape index (κ3) is 1.98. The molecule has 2 aromatic rings. The van der Waals surface area contributed by atoms with Gasteiger partial charge in [0.15, 0.2) is 0 Å². The molecule has 2 aliphatic rings. The Kier molecular flexibility index (Phi) is 3.13. The summed E-state index contributed by atoms with van der Waals surface area (Å²) < 4.78 is 0. The van der Waals surface area contributed by atoms with Gasteiger partial charge in [-0.05, 0) is 35.2 Å². The Morgan fingerprint density at radius 2 is 2.04 bits per heavy atom. The number of anilines is 1. The average Bonchev–Trinajstić information content (AvgIpc) is 3.11. The maximum Gasteiger partial charge on any atom is 0.223 e. The van der Waals surface area contributed by atoms with E-state index in [0.717, 1.165) is 6.54 Å². The van der Waals surface area contributed by atoms with E-state index in [1.165, 1.54) is 16.1 Å². The van der Waals surface area contributed by atoms with Gasteiger partial charge in [-0.15, -0.1) is 11.3 Å². The number of thiophene rings is 1. The Morgan fingerprint density at radius 3 is 2.83 bits per heavy atom. The topological polar surface area (TPSA) is 32.3 Å². The minimum Gasteiger partial charge on any atom is -0.344 e. The van der Waals surface area contributed by atoms with E-state index in [1.54, 1.807) is 11.3 Å². The number of carbonyl (C=O) groups excluding carboxylic acids is 1. The highest BCUT2D eigenvalue weighted by Crippen LogP contribution is 2.52. The second-order valence-corrected chi connectivity index (χ2v) is 7.69. The fourth-order valence-corrected chi connectivity index (χ4v) is 4.53. The van der Waals surface area contributed by atoms with E-state index >= 15 is 0 Å². The first-order valence-electron chi connectivity index (χ1n) is 7.95. The van der Waals surface area contributed by atoms with Crippen LogP contribution in [0.3, 0.4) is 0 Å². The molecule has 1 unspecified atom stereocenters. The molecule has 0 saturated carbocycles. The predicted octanol–water partition coefficient (Wildman–Crippen LogP) is 3.78. The number of nitrogens with zero attached hydrogens (tertiary/aromatic N) is 1. The second-order valence-electron chi connectivity index (χ2n) is 6.71. The van der Waals surface area contributed by atoms with Crippen LogP contribution >= 0.6 is 11.3 Å². The highest BCUT2D eigenvalue weighted by molar-refractivity contribution is 7.10. The van der Waals surface area contributed by atoms with Gasteiger partial charge >= 0.3 is 0 Å². The molecule has 1 atom stereocenters. The van der Waals surface area contributed by atoms with Crippen LogP contribution in [0.15, 0.2) is 47.9 Å². The van der Waals surface area contributed by atoms with Crippen molar-refractivity contribution in [3.05, 3.63) is 58.3 Å². The molecule has 4 heteroatoms. The van der Waals surface area contributed by atoms with Crippen molar-refractivity contribution in [2.75, 3.05) is 11.4 Å². The minimum atomic E-state index is -0.504. The van der Waals surface area contributed by atoms with Crippen LogP contribution in [0.5, 0.6) is 0 Å². The van der Waals surface area contributed by atoms with E-state index in [1.807, 2.05) is 6.07 Å². The molecule has 0 bridgehead atoms. The van der Waals surface area contributed by atoms with E-state index < -0.39 is 5.66 Å². The smallest absolute Gasteiger partial charge is 0.223 e. The molecule has 0 spiro atoms. The molecule has 3 nitrogen and oxygen atoms in total. The van der Waals surface area contributed by atoms with Crippen molar-refractivity contribution in [1.29, 1.82) is 0 Å². The fourth-order valence-electron chi connectivity index (χ4n) is 3.91. The molecule has 2 aliphatic heterocycles. The van der Waals surface area contributed by atoms with Gasteiger partial charge in [0.05, 0.1) is 0 Å². The van der Waals surface area contributed by atoms with Crippen molar-refractivity contribution < 1.29 is 4.79 Å². The SMILES string of the molecule is CC1(C)c2ccccc2N2CCC(=O)NC21C=Cc1cccs1. The third-order valence-corrected chi connectivity index (χ3v) is 6.01. The van der Waals surface area contributed by atoms with Gasteiger partial charge in [-0.1, -0.05) is 38.1 Å². The number of nitrogens with one attached hydrogen (secondary N) is 1. The van der Waals surface area contributed by atoms with E-state index in [2.05, 4.69) is 71.9 Å². The lowest BCUT2D eigenvalue weighted by molar-refractivity contribution is -0.124. The fraction of sp³-hybridized carbons (Fsp3) is 0.316. The molecule has 0 aliphatic carbocycles. The maximum atomic E-state index is 12.2. The molecule has 23 heavy (non-hydrogen) atoms. The average molecular weight is 324 g/mol. The van der Waals surface area contributed by atoms with Crippen LogP contribution in [-0.4, -0.2) is 18.1 Å². The van der Waals surface area contributed by atoms with Gasteiger partial charge in [-0.3, -0.25) is 4.79 Å². The van der Waals surface area contributed by atoms with Crippen molar-refractivity contribution in [3.8, 4) is 0 Å². The monoisotopic (exact) mass is 324 g/mol. The van der Waals surface area contributed by atoms with Gasteiger partial charge in [0.1, 0.15) is 5.66 Å². The maximum absolute atomic E-state index is 12.2. The zero-order chi connectivity index (χ0) is 16.1. The lowest BCUT2D eigenvalue weighted by Crippen LogP contribution is -2.68. The van der Waals surface area contributed by atoms with E-state index in [9.17, 15) is 4.79 Å². The molecule has 1 saturated heterocycles. The lowest BCUT2D eigenvalue weighted by atomic mass is 9.74. The zero-order valence-electron chi connectivity index (χ0n) is 13.4. The number of hydrogen-bond donors (Lipinski definition) is 1. The summed E-state index contributed by atoms with van der Waals surface area (Å²) in [5.74, 6) is 0.123. The lowest BCUT2D eigenvalue weighted by Gasteiger charge is -2.49. The molecule has 4 rings (SSSR count). The number of benzene rings is 1. The van der Waals surface area contributed by atoms with E-state index in [4.69, 9.17) is 0 Å². The summed E-state index contributed by atoms with van der Waals surface area (Å²) in [7, 11) is 0. The van der Waals surface area contributed by atoms with Crippen LogP contribution in [0, 0.1) is 0 Å². The Morgan fingerprint density at radius 1 is 1.22 bits per heavy atom. The first-order chi connectivity index (χ1) is 11.0. The molecule has 1 aromatic heterocycles. The molecular weight excluding hydrogens is 304 g/mol. The van der Waals surface area contributed by atoms with Crippen LogP contribution < -0.4 is 10.2 Å². The summed E-state index contributed by atoms with van der Waals surface area (Å²) >= 11 is 1.71. The summed E-state index contributed by atoms with van der Waals surface area (Å²) in [5, 5.41) is 5.37. The first-order valence-corrected chi connectivity index (χ1v) is 8.83. The summed E-state index contributed by atoms with van der Waals surface area (Å²) in [6.45, 7) is 5.19. The Balaban J connectivity index is 1.87. The second kappa shape index (κ2) is 4.96. The Hall–Kier alpha value is -2.07. The van der Waals surface area contributed by atoms with Gasteiger partial charge in [-0.25, -0.2) is 0 Å². The third-order valence-electron chi connectivity index (χ3n) is 5.17. The van der Waals surface area contributed by atoms with Crippen LogP contribution in [0.1, 0.15) is 30.7 Å². The van der Waals surface area contributed by atoms with Crippen LogP contribution in [0.25, 0.3) is 6.08 Å². The Labute approximate surface area is 140 Å². The first kappa shape index (κ1) is 14.5. The van der Waals surface area contributed by atoms with Crippen molar-refractivity contribution in [3.63, 3.8) is 0 Å². The summed E-state index contributed by atoms with van der Waals surface area (Å²) in [6.07, 6.45) is 4.85. The molecule has 1 aromatic carbocycles. The van der Waals surface area contributed by atoms with Crippen LogP contribution in [-0.2, 0) is 10.2 Å². The van der Waals surface area contributed by atoms with Gasteiger partial charge < -0.3 is 10.2 Å².